The summed E-state index contributed by atoms with van der Waals surface area (Å²) in [4.78, 5) is 7.10. The second-order valence-corrected chi connectivity index (χ2v) is 7.58. The van der Waals surface area contributed by atoms with Crippen molar-refractivity contribution in [3.63, 3.8) is 0 Å². The first-order chi connectivity index (χ1) is 15.2. The first kappa shape index (κ1) is 25.9. The highest BCUT2D eigenvalue weighted by molar-refractivity contribution is 14.0. The number of halogens is 1. The lowest BCUT2D eigenvalue weighted by molar-refractivity contribution is 0.370. The Morgan fingerprint density at radius 1 is 1.12 bits per heavy atom. The first-order valence-corrected chi connectivity index (χ1v) is 10.9. The van der Waals surface area contributed by atoms with E-state index in [1.165, 1.54) is 0 Å². The van der Waals surface area contributed by atoms with Crippen LogP contribution in [0.2, 0.25) is 0 Å². The molecule has 0 aliphatic carbocycles. The van der Waals surface area contributed by atoms with Crippen LogP contribution in [0.4, 0.5) is 5.69 Å². The summed E-state index contributed by atoms with van der Waals surface area (Å²) in [5, 5.41) is 17.2. The van der Waals surface area contributed by atoms with E-state index in [9.17, 15) is 5.11 Å². The lowest BCUT2D eigenvalue weighted by Crippen LogP contribution is -2.51. The third-order valence-electron chi connectivity index (χ3n) is 5.49. The Morgan fingerprint density at radius 3 is 2.62 bits per heavy atom. The Morgan fingerprint density at radius 2 is 1.88 bits per heavy atom. The molecule has 0 spiro atoms. The smallest absolute Gasteiger partial charge is 0.191 e. The Labute approximate surface area is 208 Å². The van der Waals surface area contributed by atoms with Crippen molar-refractivity contribution in [2.24, 2.45) is 4.99 Å². The molecular formula is C24H35IN4O3. The highest BCUT2D eigenvalue weighted by atomic mass is 127. The molecular weight excluding hydrogens is 519 g/mol. The quantitative estimate of drug-likeness (QED) is 0.262. The van der Waals surface area contributed by atoms with E-state index in [-0.39, 0.29) is 29.7 Å². The van der Waals surface area contributed by atoms with Gasteiger partial charge in [0.2, 0.25) is 0 Å². The number of piperidine rings is 1. The molecule has 2 aromatic carbocycles. The molecule has 3 N–H and O–H groups in total. The highest BCUT2D eigenvalue weighted by Crippen LogP contribution is 2.30. The largest absolute Gasteiger partial charge is 0.504 e. The minimum Gasteiger partial charge on any atom is -0.504 e. The van der Waals surface area contributed by atoms with Crippen LogP contribution in [0.25, 0.3) is 0 Å². The molecule has 3 rings (SSSR count). The molecule has 0 amide bonds. The van der Waals surface area contributed by atoms with Crippen LogP contribution in [-0.4, -0.2) is 57.5 Å². The zero-order valence-corrected chi connectivity index (χ0v) is 21.5. The third kappa shape index (κ3) is 6.82. The lowest BCUT2D eigenvalue weighted by Gasteiger charge is -2.36. The van der Waals surface area contributed by atoms with Gasteiger partial charge in [0.05, 0.1) is 19.9 Å². The minimum atomic E-state index is 0. The van der Waals surface area contributed by atoms with Crippen molar-refractivity contribution in [1.29, 1.82) is 0 Å². The van der Waals surface area contributed by atoms with Crippen LogP contribution in [0.15, 0.2) is 47.5 Å². The molecule has 1 heterocycles. The fourth-order valence-corrected chi connectivity index (χ4v) is 3.94. The number of para-hydroxylation sites is 3. The number of rotatable bonds is 8. The second-order valence-electron chi connectivity index (χ2n) is 7.58. The molecule has 0 bridgehead atoms. The molecule has 7 nitrogen and oxygen atoms in total. The van der Waals surface area contributed by atoms with Crippen molar-refractivity contribution in [2.75, 3.05) is 45.3 Å². The van der Waals surface area contributed by atoms with E-state index in [1.807, 2.05) is 24.3 Å². The standard InChI is InChI=1S/C24H34N4O3.HI/c1-4-25-24(26-15-14-18-9-7-13-22(31-3)23(18)29)27-19-10-8-16-28(17-19)20-11-5-6-12-21(20)30-2;/h5-7,9,11-13,19,29H,4,8,10,14-17H2,1-3H3,(H2,25,26,27);1H. The molecule has 1 fully saturated rings. The summed E-state index contributed by atoms with van der Waals surface area (Å²) in [5.74, 6) is 2.39. The van der Waals surface area contributed by atoms with Crippen molar-refractivity contribution < 1.29 is 14.6 Å². The van der Waals surface area contributed by atoms with Gasteiger partial charge in [0.15, 0.2) is 17.5 Å². The number of methoxy groups -OCH3 is 2. The Bertz CT molecular complexity index is 878. The molecule has 1 aliphatic rings. The Hall–Kier alpha value is -2.36. The van der Waals surface area contributed by atoms with Gasteiger partial charge < -0.3 is 30.1 Å². The van der Waals surface area contributed by atoms with Gasteiger partial charge in [-0.25, -0.2) is 0 Å². The summed E-state index contributed by atoms with van der Waals surface area (Å²) >= 11 is 0. The van der Waals surface area contributed by atoms with Crippen LogP contribution in [0.5, 0.6) is 17.2 Å². The number of nitrogens with one attached hydrogen (secondary N) is 2. The van der Waals surface area contributed by atoms with Crippen molar-refractivity contribution >= 4 is 35.6 Å². The normalized spacial score (nSPS) is 16.2. The van der Waals surface area contributed by atoms with Crippen LogP contribution in [-0.2, 0) is 6.42 Å². The molecule has 176 valence electrons. The second kappa shape index (κ2) is 13.2. The van der Waals surface area contributed by atoms with Gasteiger partial charge in [-0.05, 0) is 49.9 Å². The van der Waals surface area contributed by atoms with Crippen molar-refractivity contribution in [3.8, 4) is 17.2 Å². The minimum absolute atomic E-state index is 0. The van der Waals surface area contributed by atoms with Gasteiger partial charge >= 0.3 is 0 Å². The average Bonchev–Trinajstić information content (AvgIpc) is 2.80. The number of anilines is 1. The molecule has 8 heteroatoms. The third-order valence-corrected chi connectivity index (χ3v) is 5.49. The molecule has 2 aromatic rings. The number of nitrogens with zero attached hydrogens (tertiary/aromatic N) is 2. The van der Waals surface area contributed by atoms with Crippen molar-refractivity contribution in [3.05, 3.63) is 48.0 Å². The monoisotopic (exact) mass is 554 g/mol. The zero-order valence-electron chi connectivity index (χ0n) is 19.1. The molecule has 32 heavy (non-hydrogen) atoms. The lowest BCUT2D eigenvalue weighted by atomic mass is 10.0. The van der Waals surface area contributed by atoms with E-state index in [0.29, 0.717) is 24.8 Å². The molecule has 1 aliphatic heterocycles. The summed E-state index contributed by atoms with van der Waals surface area (Å²) in [6.07, 6.45) is 2.83. The van der Waals surface area contributed by atoms with E-state index in [1.54, 1.807) is 20.3 Å². The molecule has 1 unspecified atom stereocenters. The van der Waals surface area contributed by atoms with Gasteiger partial charge in [-0.2, -0.15) is 0 Å². The maximum absolute atomic E-state index is 10.3. The topological polar surface area (TPSA) is 78.4 Å². The number of phenols is 1. The molecule has 1 saturated heterocycles. The summed E-state index contributed by atoms with van der Waals surface area (Å²) in [6.45, 7) is 5.33. The van der Waals surface area contributed by atoms with Crippen LogP contribution >= 0.6 is 24.0 Å². The maximum atomic E-state index is 10.3. The van der Waals surface area contributed by atoms with Crippen LogP contribution in [0.3, 0.4) is 0 Å². The number of aromatic hydroxyl groups is 1. The SMILES string of the molecule is CCNC(=NCCc1cccc(OC)c1O)NC1CCCN(c2ccccc2OC)C1.I. The Balaban J connectivity index is 0.00000363. The average molecular weight is 554 g/mol. The predicted molar refractivity (Wildman–Crippen MR) is 141 cm³/mol. The number of phenolic OH excluding ortho intramolecular Hbond substituents is 1. The van der Waals surface area contributed by atoms with E-state index in [0.717, 1.165) is 55.4 Å². The highest BCUT2D eigenvalue weighted by Gasteiger charge is 2.22. The van der Waals surface area contributed by atoms with Gasteiger partial charge in [-0.15, -0.1) is 24.0 Å². The zero-order chi connectivity index (χ0) is 22.1. The number of benzene rings is 2. The maximum Gasteiger partial charge on any atom is 0.191 e. The molecule has 0 saturated carbocycles. The summed E-state index contributed by atoms with van der Waals surface area (Å²) in [6, 6.07) is 14.0. The fourth-order valence-electron chi connectivity index (χ4n) is 3.94. The fraction of sp³-hybridized carbons (Fsp3) is 0.458. The summed E-state index contributed by atoms with van der Waals surface area (Å²) in [5.41, 5.74) is 1.96. The molecule has 1 atom stereocenters. The van der Waals surface area contributed by atoms with Crippen LogP contribution in [0, 0.1) is 0 Å². The molecule has 0 aromatic heterocycles. The number of ether oxygens (including phenoxy) is 2. The van der Waals surface area contributed by atoms with E-state index in [2.05, 4.69) is 34.6 Å². The summed E-state index contributed by atoms with van der Waals surface area (Å²) in [7, 11) is 3.28. The number of hydrogen-bond acceptors (Lipinski definition) is 5. The van der Waals surface area contributed by atoms with Crippen molar-refractivity contribution in [1.82, 2.24) is 10.6 Å². The van der Waals surface area contributed by atoms with Gasteiger partial charge in [0.1, 0.15) is 5.75 Å². The Kier molecular flexibility index (Phi) is 10.7. The van der Waals surface area contributed by atoms with Crippen LogP contribution in [0.1, 0.15) is 25.3 Å². The molecule has 0 radical (unpaired) electrons. The van der Waals surface area contributed by atoms with E-state index < -0.39 is 0 Å². The van der Waals surface area contributed by atoms with E-state index in [4.69, 9.17) is 14.5 Å². The van der Waals surface area contributed by atoms with Gasteiger partial charge in [-0.3, -0.25) is 4.99 Å². The van der Waals surface area contributed by atoms with Gasteiger partial charge in [0.25, 0.3) is 0 Å². The number of guanidine groups is 1. The summed E-state index contributed by atoms with van der Waals surface area (Å²) < 4.78 is 10.7. The first-order valence-electron chi connectivity index (χ1n) is 10.9. The van der Waals surface area contributed by atoms with Crippen LogP contribution < -0.4 is 25.0 Å². The number of hydrogen-bond donors (Lipinski definition) is 3. The number of aliphatic imine (C=N–C) groups is 1. The van der Waals surface area contributed by atoms with Crippen molar-refractivity contribution in [2.45, 2.75) is 32.2 Å². The predicted octanol–water partition coefficient (Wildman–Crippen LogP) is 3.79. The van der Waals surface area contributed by atoms with Gasteiger partial charge in [-0.1, -0.05) is 24.3 Å². The van der Waals surface area contributed by atoms with E-state index >= 15 is 0 Å². The van der Waals surface area contributed by atoms with Gasteiger partial charge in [0, 0.05) is 32.2 Å².